The van der Waals surface area contributed by atoms with Gasteiger partial charge >= 0.3 is 0 Å². The first kappa shape index (κ1) is 13.0. The van der Waals surface area contributed by atoms with Crippen LogP contribution in [0.2, 0.25) is 0 Å². The summed E-state index contributed by atoms with van der Waals surface area (Å²) in [5, 5.41) is 12.0. The van der Waals surface area contributed by atoms with E-state index in [1.54, 1.807) is 5.51 Å². The molecule has 1 N–H and O–H groups in total. The van der Waals surface area contributed by atoms with Crippen LogP contribution in [0.25, 0.3) is 0 Å². The predicted octanol–water partition coefficient (Wildman–Crippen LogP) is 3.91. The van der Waals surface area contributed by atoms with E-state index in [4.69, 9.17) is 0 Å². The smallest absolute Gasteiger partial charge is 0.205 e. The highest BCUT2D eigenvalue weighted by Gasteiger charge is 2.07. The van der Waals surface area contributed by atoms with Gasteiger partial charge in [0, 0.05) is 0 Å². The van der Waals surface area contributed by atoms with Crippen molar-refractivity contribution in [1.29, 1.82) is 0 Å². The van der Waals surface area contributed by atoms with Crippen LogP contribution < -0.4 is 5.32 Å². The van der Waals surface area contributed by atoms with Crippen molar-refractivity contribution in [1.82, 2.24) is 10.2 Å². The molecule has 96 valence electrons. The molecule has 3 nitrogen and oxygen atoms in total. The van der Waals surface area contributed by atoms with Gasteiger partial charge in [-0.2, -0.15) is 0 Å². The molecule has 0 spiro atoms. The molecule has 0 saturated carbocycles. The summed E-state index contributed by atoms with van der Waals surface area (Å²) >= 11 is 1.52. The van der Waals surface area contributed by atoms with Crippen molar-refractivity contribution < 1.29 is 0 Å². The van der Waals surface area contributed by atoms with E-state index in [-0.39, 0.29) is 6.04 Å². The maximum atomic E-state index is 4.00. The summed E-state index contributed by atoms with van der Waals surface area (Å²) in [6.45, 7) is 6.62. The molecule has 1 aromatic carbocycles. The first-order chi connectivity index (χ1) is 8.65. The molecule has 0 aliphatic rings. The molecule has 0 amide bonds. The number of nitrogens with one attached hydrogen (secondary N) is 1. The second-order valence-electron chi connectivity index (χ2n) is 4.95. The molecule has 1 aromatic heterocycles. The molecule has 18 heavy (non-hydrogen) atoms. The fourth-order valence-electron chi connectivity index (χ4n) is 1.92. The predicted molar refractivity (Wildman–Crippen MR) is 76.9 cm³/mol. The van der Waals surface area contributed by atoms with E-state index in [1.807, 2.05) is 0 Å². The quantitative estimate of drug-likeness (QED) is 0.886. The Bertz CT molecular complexity index is 462. The highest BCUT2D eigenvalue weighted by molar-refractivity contribution is 7.13. The van der Waals surface area contributed by atoms with Crippen molar-refractivity contribution in [2.24, 2.45) is 5.92 Å². The Morgan fingerprint density at radius 2 is 1.89 bits per heavy atom. The number of hydrogen-bond donors (Lipinski definition) is 1. The van der Waals surface area contributed by atoms with Gasteiger partial charge in [0.15, 0.2) is 0 Å². The summed E-state index contributed by atoms with van der Waals surface area (Å²) in [7, 11) is 0. The highest BCUT2D eigenvalue weighted by atomic mass is 32.1. The third-order valence-corrected chi connectivity index (χ3v) is 3.45. The van der Waals surface area contributed by atoms with Crippen LogP contribution in [-0.2, 0) is 6.42 Å². The lowest BCUT2D eigenvalue weighted by Crippen LogP contribution is -2.06. The Hall–Kier alpha value is -1.42. The third kappa shape index (κ3) is 3.53. The number of anilines is 1. The number of hydrogen-bond acceptors (Lipinski definition) is 4. The van der Waals surface area contributed by atoms with Gasteiger partial charge in [-0.15, -0.1) is 10.2 Å². The summed E-state index contributed by atoms with van der Waals surface area (Å²) in [5.41, 5.74) is 4.41. The monoisotopic (exact) mass is 261 g/mol. The highest BCUT2D eigenvalue weighted by Crippen LogP contribution is 2.20. The Morgan fingerprint density at radius 1 is 1.17 bits per heavy atom. The van der Waals surface area contributed by atoms with Gasteiger partial charge in [-0.1, -0.05) is 49.4 Å². The van der Waals surface area contributed by atoms with Crippen molar-refractivity contribution >= 4 is 16.5 Å². The lowest BCUT2D eigenvalue weighted by Gasteiger charge is -2.14. The van der Waals surface area contributed by atoms with E-state index in [0.717, 1.165) is 11.6 Å². The molecule has 2 rings (SSSR count). The molecule has 4 heteroatoms. The van der Waals surface area contributed by atoms with Crippen molar-refractivity contribution in [2.45, 2.75) is 33.2 Å². The summed E-state index contributed by atoms with van der Waals surface area (Å²) in [4.78, 5) is 0. The Morgan fingerprint density at radius 3 is 2.44 bits per heavy atom. The maximum absolute atomic E-state index is 4.00. The molecule has 2 aromatic rings. The normalized spacial score (nSPS) is 12.7. The van der Waals surface area contributed by atoms with Crippen molar-refractivity contribution in [3.8, 4) is 0 Å². The molecule has 1 heterocycles. The first-order valence-corrected chi connectivity index (χ1v) is 7.14. The molecule has 0 saturated heterocycles. The minimum absolute atomic E-state index is 0.256. The molecular formula is C14H19N3S. The summed E-state index contributed by atoms with van der Waals surface area (Å²) < 4.78 is 0. The van der Waals surface area contributed by atoms with Gasteiger partial charge in [-0.05, 0) is 30.4 Å². The van der Waals surface area contributed by atoms with Crippen molar-refractivity contribution in [3.05, 3.63) is 40.9 Å². The zero-order chi connectivity index (χ0) is 13.0. The van der Waals surface area contributed by atoms with Crippen LogP contribution in [0.4, 0.5) is 5.13 Å². The molecule has 0 fully saturated rings. The van der Waals surface area contributed by atoms with Gasteiger partial charge < -0.3 is 5.32 Å². The Kier molecular flexibility index (Phi) is 4.31. The Labute approximate surface area is 112 Å². The number of aromatic nitrogens is 2. The van der Waals surface area contributed by atoms with Crippen molar-refractivity contribution in [3.63, 3.8) is 0 Å². The zero-order valence-corrected chi connectivity index (χ0v) is 11.9. The molecule has 1 unspecified atom stereocenters. The largest absolute Gasteiger partial charge is 0.354 e. The summed E-state index contributed by atoms with van der Waals surface area (Å²) in [6, 6.07) is 9.07. The summed E-state index contributed by atoms with van der Waals surface area (Å²) in [6.07, 6.45) is 1.14. The number of benzene rings is 1. The number of nitrogens with zero attached hydrogens (tertiary/aromatic N) is 2. The topological polar surface area (TPSA) is 37.8 Å². The molecule has 1 atom stereocenters. The average molecular weight is 261 g/mol. The van der Waals surface area contributed by atoms with Gasteiger partial charge in [0.1, 0.15) is 5.51 Å². The van der Waals surface area contributed by atoms with Gasteiger partial charge in [-0.25, -0.2) is 0 Å². The SMILES string of the molecule is CC(C)Cc1ccc(C(C)Nc2nncs2)cc1. The molecule has 0 aliphatic heterocycles. The first-order valence-electron chi connectivity index (χ1n) is 6.26. The number of rotatable bonds is 5. The van der Waals surface area contributed by atoms with E-state index in [1.165, 1.54) is 22.5 Å². The van der Waals surface area contributed by atoms with Crippen LogP contribution >= 0.6 is 11.3 Å². The van der Waals surface area contributed by atoms with E-state index in [2.05, 4.69) is 60.6 Å². The fraction of sp³-hybridized carbons (Fsp3) is 0.429. The second-order valence-corrected chi connectivity index (χ2v) is 5.78. The van der Waals surface area contributed by atoms with E-state index in [0.29, 0.717) is 5.92 Å². The third-order valence-electron chi connectivity index (χ3n) is 2.82. The summed E-state index contributed by atoms with van der Waals surface area (Å²) in [5.74, 6) is 0.702. The molecular weight excluding hydrogens is 242 g/mol. The van der Waals surface area contributed by atoms with Gasteiger partial charge in [0.05, 0.1) is 6.04 Å². The minimum atomic E-state index is 0.256. The van der Waals surface area contributed by atoms with Crippen LogP contribution in [0.3, 0.4) is 0 Å². The second kappa shape index (κ2) is 5.96. The van der Waals surface area contributed by atoms with Gasteiger partial charge in [0.2, 0.25) is 5.13 Å². The maximum Gasteiger partial charge on any atom is 0.205 e. The van der Waals surface area contributed by atoms with Crippen LogP contribution in [0, 0.1) is 5.92 Å². The van der Waals surface area contributed by atoms with Crippen LogP contribution in [-0.4, -0.2) is 10.2 Å². The van der Waals surface area contributed by atoms with E-state index in [9.17, 15) is 0 Å². The van der Waals surface area contributed by atoms with Crippen molar-refractivity contribution in [2.75, 3.05) is 5.32 Å². The standard InChI is InChI=1S/C14H19N3S/c1-10(2)8-12-4-6-13(7-5-12)11(3)16-14-17-15-9-18-14/h4-7,9-11H,8H2,1-3H3,(H,16,17). The average Bonchev–Trinajstić information content (AvgIpc) is 2.82. The van der Waals surface area contributed by atoms with Crippen LogP contribution in [0.1, 0.15) is 37.9 Å². The van der Waals surface area contributed by atoms with Crippen LogP contribution in [0.5, 0.6) is 0 Å². The van der Waals surface area contributed by atoms with Gasteiger partial charge in [-0.3, -0.25) is 0 Å². The molecule has 0 aliphatic carbocycles. The van der Waals surface area contributed by atoms with Crippen LogP contribution in [0.15, 0.2) is 29.8 Å². The molecule has 0 bridgehead atoms. The fourth-order valence-corrected chi connectivity index (χ4v) is 2.45. The van der Waals surface area contributed by atoms with Gasteiger partial charge in [0.25, 0.3) is 0 Å². The Balaban J connectivity index is 2.00. The van der Waals surface area contributed by atoms with E-state index < -0.39 is 0 Å². The molecule has 0 radical (unpaired) electrons. The van der Waals surface area contributed by atoms with E-state index >= 15 is 0 Å². The minimum Gasteiger partial charge on any atom is -0.354 e. The lowest BCUT2D eigenvalue weighted by molar-refractivity contribution is 0.647. The zero-order valence-electron chi connectivity index (χ0n) is 11.1. The lowest BCUT2D eigenvalue weighted by atomic mass is 10.00.